The first-order valence-electron chi connectivity index (χ1n) is 6.94. The summed E-state index contributed by atoms with van der Waals surface area (Å²) in [5, 5.41) is 9.89. The average molecular weight is 348 g/mol. The summed E-state index contributed by atoms with van der Waals surface area (Å²) in [6.45, 7) is 0.233. The van der Waals surface area contributed by atoms with Crippen LogP contribution in [-0.4, -0.2) is 25.2 Å². The van der Waals surface area contributed by atoms with Gasteiger partial charge in [-0.2, -0.15) is 0 Å². The number of pyridine rings is 1. The number of nitrogens with one attached hydrogen (secondary N) is 2. The van der Waals surface area contributed by atoms with Gasteiger partial charge in [-0.05, 0) is 29.8 Å². The highest BCUT2D eigenvalue weighted by molar-refractivity contribution is 7.89. The van der Waals surface area contributed by atoms with Crippen molar-refractivity contribution < 1.29 is 18.0 Å². The van der Waals surface area contributed by atoms with Crippen LogP contribution in [0.1, 0.15) is 11.3 Å². The third kappa shape index (κ3) is 5.14. The van der Waals surface area contributed by atoms with Crippen LogP contribution in [-0.2, 0) is 32.7 Å². The fourth-order valence-electron chi connectivity index (χ4n) is 1.81. The fraction of sp³-hybridized carbons (Fsp3) is 0.133. The molecular formula is C15H16N4O4S. The first kappa shape index (κ1) is 17.6. The maximum Gasteiger partial charge on any atom is 0.309 e. The van der Waals surface area contributed by atoms with Crippen LogP contribution in [0.5, 0.6) is 0 Å². The molecule has 0 radical (unpaired) electrons. The van der Waals surface area contributed by atoms with Gasteiger partial charge in [0.15, 0.2) is 0 Å². The number of nitrogens with two attached hydrogens (primary N) is 1. The summed E-state index contributed by atoms with van der Waals surface area (Å²) >= 11 is 0. The number of benzene rings is 1. The number of sulfonamides is 1. The third-order valence-electron chi connectivity index (χ3n) is 3.07. The van der Waals surface area contributed by atoms with E-state index in [-0.39, 0.29) is 18.0 Å². The molecule has 126 valence electrons. The number of aromatic nitrogens is 1. The summed E-state index contributed by atoms with van der Waals surface area (Å²) in [5.41, 5.74) is 1.27. The lowest BCUT2D eigenvalue weighted by Gasteiger charge is -2.07. The molecule has 4 N–H and O–H groups in total. The van der Waals surface area contributed by atoms with E-state index in [4.69, 9.17) is 5.14 Å². The number of nitrogens with zero attached hydrogens (tertiary/aromatic N) is 1. The lowest BCUT2D eigenvalue weighted by molar-refractivity contribution is -0.139. The molecule has 0 fully saturated rings. The van der Waals surface area contributed by atoms with Crippen LogP contribution in [0.25, 0.3) is 0 Å². The average Bonchev–Trinajstić information content (AvgIpc) is 2.58. The van der Waals surface area contributed by atoms with Gasteiger partial charge in [0.05, 0.1) is 17.1 Å². The quantitative estimate of drug-likeness (QED) is 0.636. The lowest BCUT2D eigenvalue weighted by Crippen LogP contribution is -2.39. The number of primary sulfonamides is 1. The Labute approximate surface area is 139 Å². The van der Waals surface area contributed by atoms with Gasteiger partial charge in [0.2, 0.25) is 10.0 Å². The van der Waals surface area contributed by atoms with Crippen molar-refractivity contribution in [2.45, 2.75) is 18.0 Å². The van der Waals surface area contributed by atoms with Gasteiger partial charge in [0, 0.05) is 12.7 Å². The van der Waals surface area contributed by atoms with Gasteiger partial charge < -0.3 is 10.6 Å². The van der Waals surface area contributed by atoms with Crippen molar-refractivity contribution in [2.75, 3.05) is 0 Å². The molecule has 1 aromatic carbocycles. The van der Waals surface area contributed by atoms with E-state index >= 15 is 0 Å². The fourth-order valence-corrected chi connectivity index (χ4v) is 2.33. The Balaban J connectivity index is 1.83. The number of carbonyl (C=O) groups excluding carboxylic acids is 2. The zero-order valence-corrected chi connectivity index (χ0v) is 13.4. The van der Waals surface area contributed by atoms with E-state index < -0.39 is 21.8 Å². The zero-order chi connectivity index (χ0) is 17.6. The van der Waals surface area contributed by atoms with Gasteiger partial charge in [-0.15, -0.1) is 0 Å². The molecule has 0 aliphatic rings. The minimum Gasteiger partial charge on any atom is -0.344 e. The van der Waals surface area contributed by atoms with Gasteiger partial charge in [-0.3, -0.25) is 14.6 Å². The minimum atomic E-state index is -3.76. The molecule has 0 atom stereocenters. The largest absolute Gasteiger partial charge is 0.344 e. The van der Waals surface area contributed by atoms with E-state index in [0.29, 0.717) is 11.3 Å². The van der Waals surface area contributed by atoms with Crippen LogP contribution in [0.2, 0.25) is 0 Å². The monoisotopic (exact) mass is 348 g/mol. The summed E-state index contributed by atoms with van der Waals surface area (Å²) in [7, 11) is -3.76. The van der Waals surface area contributed by atoms with Crippen LogP contribution < -0.4 is 15.8 Å². The van der Waals surface area contributed by atoms with Gasteiger partial charge in [-0.1, -0.05) is 18.2 Å². The van der Waals surface area contributed by atoms with Gasteiger partial charge >= 0.3 is 11.8 Å². The summed E-state index contributed by atoms with van der Waals surface area (Å²) in [5.74, 6) is -1.57. The van der Waals surface area contributed by atoms with E-state index in [1.54, 1.807) is 24.4 Å². The Kier molecular flexibility index (Phi) is 5.61. The van der Waals surface area contributed by atoms with E-state index in [0.717, 1.165) is 0 Å². The topological polar surface area (TPSA) is 131 Å². The highest BCUT2D eigenvalue weighted by Gasteiger charge is 2.13. The van der Waals surface area contributed by atoms with E-state index in [1.807, 2.05) is 0 Å². The van der Waals surface area contributed by atoms with Crippen LogP contribution in [0.15, 0.2) is 53.6 Å². The number of hydrogen-bond donors (Lipinski definition) is 3. The van der Waals surface area contributed by atoms with E-state index in [9.17, 15) is 18.0 Å². The molecule has 0 spiro atoms. The van der Waals surface area contributed by atoms with Crippen LogP contribution in [0.4, 0.5) is 0 Å². The second kappa shape index (κ2) is 7.66. The number of hydrogen-bond acceptors (Lipinski definition) is 5. The van der Waals surface area contributed by atoms with Crippen molar-refractivity contribution in [1.29, 1.82) is 0 Å². The molecule has 9 heteroatoms. The van der Waals surface area contributed by atoms with Crippen molar-refractivity contribution in [2.24, 2.45) is 5.14 Å². The minimum absolute atomic E-state index is 0.0225. The molecule has 0 saturated heterocycles. The third-order valence-corrected chi connectivity index (χ3v) is 4.00. The SMILES string of the molecule is NS(=O)(=O)c1ccc(CNC(=O)C(=O)NCc2ccccn2)cc1. The smallest absolute Gasteiger partial charge is 0.309 e. The van der Waals surface area contributed by atoms with Crippen molar-refractivity contribution in [1.82, 2.24) is 15.6 Å². The Morgan fingerprint density at radius 2 is 1.58 bits per heavy atom. The molecule has 2 aromatic rings. The highest BCUT2D eigenvalue weighted by atomic mass is 32.2. The number of rotatable bonds is 5. The molecule has 1 heterocycles. The second-order valence-electron chi connectivity index (χ2n) is 4.88. The molecule has 0 aliphatic heterocycles. The standard InChI is InChI=1S/C15H16N4O4S/c16-24(22,23)13-6-4-11(5-7-13)9-18-14(20)15(21)19-10-12-3-1-2-8-17-12/h1-8H,9-10H2,(H,18,20)(H,19,21)(H2,16,22,23). The van der Waals surface area contributed by atoms with Crippen LogP contribution in [0, 0.1) is 0 Å². The second-order valence-corrected chi connectivity index (χ2v) is 6.44. The molecule has 0 saturated carbocycles. The summed E-state index contributed by atoms with van der Waals surface area (Å²) in [6.07, 6.45) is 1.59. The molecule has 1 aromatic heterocycles. The van der Waals surface area contributed by atoms with Crippen LogP contribution >= 0.6 is 0 Å². The Morgan fingerprint density at radius 1 is 0.958 bits per heavy atom. The molecule has 8 nitrogen and oxygen atoms in total. The maximum atomic E-state index is 11.7. The van der Waals surface area contributed by atoms with Crippen molar-refractivity contribution in [3.8, 4) is 0 Å². The van der Waals surface area contributed by atoms with Gasteiger partial charge in [0.25, 0.3) is 0 Å². The predicted molar refractivity (Wildman–Crippen MR) is 85.7 cm³/mol. The normalized spacial score (nSPS) is 10.9. The first-order chi connectivity index (χ1) is 11.4. The Bertz CT molecular complexity index is 820. The molecule has 2 rings (SSSR count). The molecule has 0 bridgehead atoms. The summed E-state index contributed by atoms with van der Waals surface area (Å²) in [4.78, 5) is 27.4. The summed E-state index contributed by atoms with van der Waals surface area (Å²) < 4.78 is 22.3. The van der Waals surface area contributed by atoms with Crippen molar-refractivity contribution in [3.05, 3.63) is 59.9 Å². The van der Waals surface area contributed by atoms with Crippen molar-refractivity contribution in [3.63, 3.8) is 0 Å². The first-order valence-corrected chi connectivity index (χ1v) is 8.48. The van der Waals surface area contributed by atoms with Crippen LogP contribution in [0.3, 0.4) is 0 Å². The molecule has 0 unspecified atom stereocenters. The summed E-state index contributed by atoms with van der Waals surface area (Å²) in [6, 6.07) is 10.9. The van der Waals surface area contributed by atoms with Crippen molar-refractivity contribution >= 4 is 21.8 Å². The van der Waals surface area contributed by atoms with Gasteiger partial charge in [0.1, 0.15) is 0 Å². The van der Waals surface area contributed by atoms with Gasteiger partial charge in [-0.25, -0.2) is 13.6 Å². The maximum absolute atomic E-state index is 11.7. The number of carbonyl (C=O) groups is 2. The molecule has 2 amide bonds. The molecule has 24 heavy (non-hydrogen) atoms. The van der Waals surface area contributed by atoms with E-state index in [1.165, 1.54) is 24.3 Å². The Morgan fingerprint density at radius 3 is 2.12 bits per heavy atom. The highest BCUT2D eigenvalue weighted by Crippen LogP contribution is 2.08. The lowest BCUT2D eigenvalue weighted by atomic mass is 10.2. The van der Waals surface area contributed by atoms with E-state index in [2.05, 4.69) is 15.6 Å². The molecular weight excluding hydrogens is 332 g/mol. The predicted octanol–water partition coefficient (Wildman–Crippen LogP) is -0.338. The number of amides is 2. The Hall–Kier alpha value is -2.78. The molecule has 0 aliphatic carbocycles. The zero-order valence-electron chi connectivity index (χ0n) is 12.6.